The Morgan fingerprint density at radius 2 is 2.00 bits per heavy atom. The van der Waals surface area contributed by atoms with E-state index in [4.69, 9.17) is 14.5 Å². The number of aromatic nitrogens is 5. The lowest BCUT2D eigenvalue weighted by Crippen LogP contribution is -2.48. The third-order valence-corrected chi connectivity index (χ3v) is 6.66. The highest BCUT2D eigenvalue weighted by molar-refractivity contribution is 6.08. The minimum atomic E-state index is -0.328. The van der Waals surface area contributed by atoms with Gasteiger partial charge in [-0.1, -0.05) is 6.07 Å². The first-order valence-electron chi connectivity index (χ1n) is 12.5. The molecule has 4 aromatic heterocycles. The van der Waals surface area contributed by atoms with Crippen LogP contribution < -0.4 is 15.5 Å². The summed E-state index contributed by atoms with van der Waals surface area (Å²) in [4.78, 5) is 32.0. The summed E-state index contributed by atoms with van der Waals surface area (Å²) in [5, 5.41) is 19.2. The molecule has 1 aliphatic carbocycles. The Morgan fingerprint density at radius 3 is 2.73 bits per heavy atom. The Hall–Kier alpha value is -4.03. The molecule has 37 heavy (non-hydrogen) atoms. The van der Waals surface area contributed by atoms with E-state index >= 15 is 0 Å². The lowest BCUT2D eigenvalue weighted by molar-refractivity contribution is 0.102. The topological polar surface area (TPSA) is 137 Å². The lowest BCUT2D eigenvalue weighted by atomic mass is 10.2. The summed E-state index contributed by atoms with van der Waals surface area (Å²) < 4.78 is 7.47. The Kier molecular flexibility index (Phi) is 6.18. The van der Waals surface area contributed by atoms with Crippen LogP contribution in [0.25, 0.3) is 22.5 Å². The largest absolute Gasteiger partial charge is 0.422 e. The number of carbonyl (C=O) groups excluding carboxylic acids is 1. The monoisotopic (exact) mass is 503 g/mol. The van der Waals surface area contributed by atoms with Crippen LogP contribution in [0, 0.1) is 0 Å². The number of anilines is 3. The molecule has 3 N–H and O–H groups in total. The van der Waals surface area contributed by atoms with Crippen LogP contribution in [0.5, 0.6) is 0 Å². The van der Waals surface area contributed by atoms with Gasteiger partial charge in [0.2, 0.25) is 5.65 Å². The van der Waals surface area contributed by atoms with Gasteiger partial charge in [-0.25, -0.2) is 9.97 Å². The van der Waals surface area contributed by atoms with Gasteiger partial charge in [0.25, 0.3) is 11.9 Å². The smallest absolute Gasteiger partial charge is 0.297 e. The van der Waals surface area contributed by atoms with Crippen molar-refractivity contribution in [2.24, 2.45) is 7.05 Å². The molecule has 0 aromatic carbocycles. The van der Waals surface area contributed by atoms with Crippen molar-refractivity contribution in [2.75, 3.05) is 54.9 Å². The van der Waals surface area contributed by atoms with Crippen molar-refractivity contribution >= 4 is 34.8 Å². The first kappa shape index (κ1) is 23.4. The molecule has 1 saturated heterocycles. The predicted molar refractivity (Wildman–Crippen MR) is 139 cm³/mol. The number of carbonyl (C=O) groups is 1. The van der Waals surface area contributed by atoms with Crippen LogP contribution >= 0.6 is 0 Å². The average Bonchev–Trinajstić information content (AvgIpc) is 3.55. The van der Waals surface area contributed by atoms with Gasteiger partial charge in [0.15, 0.2) is 5.58 Å². The van der Waals surface area contributed by atoms with Crippen molar-refractivity contribution in [3.63, 3.8) is 0 Å². The number of aliphatic hydroxyl groups excluding tert-OH is 1. The highest BCUT2D eigenvalue weighted by Crippen LogP contribution is 2.31. The third kappa shape index (κ3) is 4.98. The van der Waals surface area contributed by atoms with Gasteiger partial charge in [0, 0.05) is 63.6 Å². The first-order valence-corrected chi connectivity index (χ1v) is 12.5. The van der Waals surface area contributed by atoms with Crippen molar-refractivity contribution in [3.8, 4) is 11.3 Å². The summed E-state index contributed by atoms with van der Waals surface area (Å²) in [7, 11) is 1.85. The molecule has 1 amide bonds. The van der Waals surface area contributed by atoms with Crippen LogP contribution in [0.3, 0.4) is 0 Å². The fourth-order valence-corrected chi connectivity index (χ4v) is 4.64. The molecule has 1 aliphatic heterocycles. The van der Waals surface area contributed by atoms with E-state index in [1.807, 2.05) is 25.4 Å². The van der Waals surface area contributed by atoms with Crippen molar-refractivity contribution in [2.45, 2.75) is 18.9 Å². The van der Waals surface area contributed by atoms with Gasteiger partial charge < -0.3 is 25.1 Å². The summed E-state index contributed by atoms with van der Waals surface area (Å²) in [6.07, 6.45) is 6.14. The molecule has 0 bridgehead atoms. The standard InChI is InChI=1S/C25H29N9O3/c1-32-15-16(14-27-32)19-3-2-4-21(28-19)29-24(36)18-13-20-22(31-25(37-20)26-7-12-35)30-23(18)34-10-8-33(9-11-34)17-5-6-17/h2-4,13-15,17,35H,5-12H2,1H3,(H,26,30,31)(H,28,29,36). The Balaban J connectivity index is 1.30. The highest BCUT2D eigenvalue weighted by Gasteiger charge is 2.32. The Bertz CT molecular complexity index is 1420. The molecule has 1 saturated carbocycles. The second-order valence-corrected chi connectivity index (χ2v) is 9.37. The first-order chi connectivity index (χ1) is 18.1. The van der Waals surface area contributed by atoms with Crippen molar-refractivity contribution < 1.29 is 14.3 Å². The summed E-state index contributed by atoms with van der Waals surface area (Å²) in [5.74, 6) is 0.677. The maximum Gasteiger partial charge on any atom is 0.297 e. The van der Waals surface area contributed by atoms with E-state index < -0.39 is 0 Å². The number of aliphatic hydroxyl groups is 1. The zero-order valence-electron chi connectivity index (χ0n) is 20.6. The molecule has 12 heteroatoms. The number of nitrogens with zero attached hydrogens (tertiary/aromatic N) is 7. The minimum absolute atomic E-state index is 0.0541. The van der Waals surface area contributed by atoms with Crippen LogP contribution in [0.1, 0.15) is 23.2 Å². The number of hydrogen-bond donors (Lipinski definition) is 3. The highest BCUT2D eigenvalue weighted by atomic mass is 16.4. The molecule has 5 heterocycles. The number of oxazole rings is 1. The molecule has 0 unspecified atom stereocenters. The maximum atomic E-state index is 13.6. The van der Waals surface area contributed by atoms with Crippen LogP contribution in [-0.2, 0) is 7.05 Å². The van der Waals surface area contributed by atoms with Crippen molar-refractivity contribution in [3.05, 3.63) is 42.2 Å². The fraction of sp³-hybridized carbons (Fsp3) is 0.400. The molecule has 0 spiro atoms. The molecule has 2 aliphatic rings. The minimum Gasteiger partial charge on any atom is -0.422 e. The quantitative estimate of drug-likeness (QED) is 0.327. The zero-order chi connectivity index (χ0) is 25.4. The molecule has 4 aromatic rings. The Labute approximate surface area is 213 Å². The number of rotatable bonds is 8. The van der Waals surface area contributed by atoms with E-state index in [1.54, 1.807) is 23.0 Å². The van der Waals surface area contributed by atoms with Gasteiger partial charge in [-0.2, -0.15) is 10.1 Å². The maximum absolute atomic E-state index is 13.6. The second-order valence-electron chi connectivity index (χ2n) is 9.37. The van der Waals surface area contributed by atoms with E-state index in [0.717, 1.165) is 31.7 Å². The van der Waals surface area contributed by atoms with E-state index in [2.05, 4.69) is 35.5 Å². The number of aryl methyl sites for hydroxylation is 1. The SMILES string of the molecule is Cn1cc(-c2cccc(NC(=O)c3cc4oc(NCCO)nc4nc3N3CCN(C4CC4)CC3)n2)cn1. The summed E-state index contributed by atoms with van der Waals surface area (Å²) in [5.41, 5.74) is 2.77. The van der Waals surface area contributed by atoms with Gasteiger partial charge in [0.05, 0.1) is 24.1 Å². The van der Waals surface area contributed by atoms with Crippen molar-refractivity contribution in [1.82, 2.24) is 29.6 Å². The van der Waals surface area contributed by atoms with E-state index in [9.17, 15) is 4.79 Å². The van der Waals surface area contributed by atoms with Gasteiger partial charge >= 0.3 is 0 Å². The number of amides is 1. The molecule has 12 nitrogen and oxygen atoms in total. The average molecular weight is 504 g/mol. The number of fused-ring (bicyclic) bond motifs is 1. The van der Waals surface area contributed by atoms with Crippen LogP contribution in [0.2, 0.25) is 0 Å². The predicted octanol–water partition coefficient (Wildman–Crippen LogP) is 1.96. The lowest BCUT2D eigenvalue weighted by Gasteiger charge is -2.36. The van der Waals surface area contributed by atoms with Crippen LogP contribution in [0.15, 0.2) is 41.1 Å². The third-order valence-electron chi connectivity index (χ3n) is 6.66. The van der Waals surface area contributed by atoms with Gasteiger partial charge in [0.1, 0.15) is 11.6 Å². The summed E-state index contributed by atoms with van der Waals surface area (Å²) in [6, 6.07) is 8.12. The normalized spacial score (nSPS) is 16.3. The summed E-state index contributed by atoms with van der Waals surface area (Å²) >= 11 is 0. The number of hydrogen-bond acceptors (Lipinski definition) is 10. The molecule has 192 valence electrons. The molecule has 0 radical (unpaired) electrons. The van der Waals surface area contributed by atoms with E-state index in [1.165, 1.54) is 12.8 Å². The van der Waals surface area contributed by atoms with Gasteiger partial charge in [-0.15, -0.1) is 0 Å². The van der Waals surface area contributed by atoms with Gasteiger partial charge in [-0.05, 0) is 25.0 Å². The molecular weight excluding hydrogens is 474 g/mol. The second kappa shape index (κ2) is 9.79. The molecule has 2 fully saturated rings. The van der Waals surface area contributed by atoms with Gasteiger partial charge in [-0.3, -0.25) is 14.4 Å². The number of pyridine rings is 2. The summed E-state index contributed by atoms with van der Waals surface area (Å²) in [6.45, 7) is 3.66. The van der Waals surface area contributed by atoms with Crippen LogP contribution in [-0.4, -0.2) is 86.0 Å². The van der Waals surface area contributed by atoms with Crippen molar-refractivity contribution in [1.29, 1.82) is 0 Å². The Morgan fingerprint density at radius 1 is 1.16 bits per heavy atom. The number of piperazine rings is 1. The number of nitrogens with one attached hydrogen (secondary N) is 2. The fourth-order valence-electron chi connectivity index (χ4n) is 4.64. The zero-order valence-corrected chi connectivity index (χ0v) is 20.6. The van der Waals surface area contributed by atoms with E-state index in [0.29, 0.717) is 46.7 Å². The molecule has 0 atom stereocenters. The van der Waals surface area contributed by atoms with E-state index in [-0.39, 0.29) is 18.5 Å². The molecule has 6 rings (SSSR count). The molecular formula is C25H29N9O3. The van der Waals surface area contributed by atoms with Crippen LogP contribution in [0.4, 0.5) is 17.7 Å².